The Morgan fingerprint density at radius 3 is 2.47 bits per heavy atom. The zero-order valence-corrected chi connectivity index (χ0v) is 19.7. The van der Waals surface area contributed by atoms with Crippen LogP contribution in [0, 0.1) is 0 Å². The molecule has 10 heteroatoms. The Kier molecular flexibility index (Phi) is 6.52. The fourth-order valence-electron chi connectivity index (χ4n) is 3.98. The van der Waals surface area contributed by atoms with Crippen LogP contribution in [0.1, 0.15) is 52.7 Å². The minimum Gasteiger partial charge on any atom is -0.451 e. The first kappa shape index (κ1) is 23.6. The van der Waals surface area contributed by atoms with Crippen LogP contribution in [0.4, 0.5) is 5.69 Å². The molecule has 0 spiro atoms. The predicted molar refractivity (Wildman–Crippen MR) is 128 cm³/mol. The van der Waals surface area contributed by atoms with Crippen molar-refractivity contribution in [1.29, 1.82) is 0 Å². The van der Waals surface area contributed by atoms with Crippen LogP contribution in [0.3, 0.4) is 0 Å². The number of hydrogen-bond acceptors (Lipinski definition) is 7. The van der Waals surface area contributed by atoms with Crippen molar-refractivity contribution in [2.45, 2.75) is 45.3 Å². The number of fused-ring (bicyclic) bond motifs is 2. The van der Waals surface area contributed by atoms with Gasteiger partial charge in [-0.3, -0.25) is 18.9 Å². The van der Waals surface area contributed by atoms with Crippen molar-refractivity contribution < 1.29 is 22.7 Å². The van der Waals surface area contributed by atoms with Crippen LogP contribution in [0.5, 0.6) is 0 Å². The summed E-state index contributed by atoms with van der Waals surface area (Å²) in [5, 5.41) is 0.439. The highest BCUT2D eigenvalue weighted by atomic mass is 32.2. The Morgan fingerprint density at radius 2 is 1.76 bits per heavy atom. The molecule has 2 aromatic carbocycles. The fourth-order valence-corrected chi connectivity index (χ4v) is 4.54. The average Bonchev–Trinajstić information content (AvgIpc) is 3.03. The van der Waals surface area contributed by atoms with E-state index in [2.05, 4.69) is 9.71 Å². The van der Waals surface area contributed by atoms with Gasteiger partial charge in [0.15, 0.2) is 6.10 Å². The molecule has 0 bridgehead atoms. The number of Topliss-reactive ketones (excluding diaryl/α,β-unsaturated/α-hetero) is 1. The van der Waals surface area contributed by atoms with Gasteiger partial charge in [0.2, 0.25) is 15.8 Å². The summed E-state index contributed by atoms with van der Waals surface area (Å²) in [6.07, 6.45) is 3.62. The molecule has 4 rings (SSSR count). The molecular weight excluding hydrogens is 458 g/mol. The number of ether oxygens (including phenoxy) is 1. The molecule has 0 radical (unpaired) electrons. The first-order chi connectivity index (χ1) is 16.1. The van der Waals surface area contributed by atoms with Gasteiger partial charge in [0.05, 0.1) is 22.7 Å². The maximum Gasteiger partial charge on any atom is 0.338 e. The second-order valence-corrected chi connectivity index (χ2v) is 10.1. The zero-order valence-electron chi connectivity index (χ0n) is 18.9. The zero-order chi connectivity index (χ0) is 24.5. The number of benzene rings is 2. The van der Waals surface area contributed by atoms with Crippen LogP contribution in [0.15, 0.2) is 47.3 Å². The van der Waals surface area contributed by atoms with Crippen molar-refractivity contribution in [2.24, 2.45) is 0 Å². The van der Waals surface area contributed by atoms with E-state index in [-0.39, 0.29) is 16.7 Å². The highest BCUT2D eigenvalue weighted by Crippen LogP contribution is 2.18. The first-order valence-electron chi connectivity index (χ1n) is 11.0. The lowest BCUT2D eigenvalue weighted by Crippen LogP contribution is -2.25. The van der Waals surface area contributed by atoms with Crippen molar-refractivity contribution in [3.05, 3.63) is 69.8 Å². The van der Waals surface area contributed by atoms with Crippen LogP contribution in [0.2, 0.25) is 0 Å². The summed E-state index contributed by atoms with van der Waals surface area (Å²) >= 11 is 0. The number of carbonyl (C=O) groups excluding carboxylic acids is 2. The molecule has 0 aliphatic carbocycles. The highest BCUT2D eigenvalue weighted by Gasteiger charge is 2.22. The average molecular weight is 484 g/mol. The van der Waals surface area contributed by atoms with Crippen LogP contribution in [-0.2, 0) is 27.7 Å². The van der Waals surface area contributed by atoms with Gasteiger partial charge in [-0.1, -0.05) is 6.42 Å². The number of nitrogens with zero attached hydrogens (tertiary/aromatic N) is 2. The van der Waals surface area contributed by atoms with Crippen molar-refractivity contribution in [2.75, 3.05) is 11.0 Å². The molecule has 0 amide bonds. The van der Waals surface area contributed by atoms with E-state index in [0.29, 0.717) is 29.6 Å². The van der Waals surface area contributed by atoms with Crippen molar-refractivity contribution in [1.82, 2.24) is 9.55 Å². The first-order valence-corrected chi connectivity index (χ1v) is 12.9. The molecule has 1 N–H and O–H groups in total. The summed E-state index contributed by atoms with van der Waals surface area (Å²) in [5.41, 5.74) is 1.11. The maximum atomic E-state index is 12.9. The number of aromatic nitrogens is 2. The summed E-state index contributed by atoms with van der Waals surface area (Å²) in [7, 11) is -3.43. The number of anilines is 1. The molecule has 1 aromatic heterocycles. The molecule has 3 aromatic rings. The summed E-state index contributed by atoms with van der Waals surface area (Å²) < 4.78 is 32.0. The van der Waals surface area contributed by atoms with Gasteiger partial charge < -0.3 is 4.74 Å². The number of carbonyl (C=O) groups is 2. The monoisotopic (exact) mass is 483 g/mol. The van der Waals surface area contributed by atoms with Gasteiger partial charge in [-0.15, -0.1) is 0 Å². The molecule has 1 atom stereocenters. The standard InChI is InChI=1S/C24H25N3O6S/c1-15(22(28)16-7-10-18(11-8-16)26-34(2,31)32)33-24(30)17-9-12-19-20(14-17)25-21-6-4-3-5-13-27(21)23(19)29/h7-12,14-15,26H,3-6,13H2,1-2H3. The second-order valence-electron chi connectivity index (χ2n) is 8.39. The van der Waals surface area contributed by atoms with E-state index in [4.69, 9.17) is 4.74 Å². The topological polar surface area (TPSA) is 124 Å². The molecule has 1 aliphatic rings. The molecule has 9 nitrogen and oxygen atoms in total. The molecule has 0 saturated carbocycles. The lowest BCUT2D eigenvalue weighted by atomic mass is 10.1. The molecular formula is C24H25N3O6S. The minimum absolute atomic E-state index is 0.112. The predicted octanol–water partition coefficient (Wildman–Crippen LogP) is 2.92. The van der Waals surface area contributed by atoms with Crippen molar-refractivity contribution >= 4 is 38.4 Å². The van der Waals surface area contributed by atoms with Crippen LogP contribution < -0.4 is 10.3 Å². The second kappa shape index (κ2) is 9.38. The third-order valence-electron chi connectivity index (χ3n) is 5.68. The van der Waals surface area contributed by atoms with E-state index in [1.165, 1.54) is 43.3 Å². The molecule has 178 valence electrons. The third kappa shape index (κ3) is 5.17. The number of rotatable bonds is 6. The van der Waals surface area contributed by atoms with E-state index in [1.54, 1.807) is 10.6 Å². The molecule has 0 fully saturated rings. The normalized spacial score (nSPS) is 14.6. The molecule has 1 unspecified atom stereocenters. The Hall–Kier alpha value is -3.53. The van der Waals surface area contributed by atoms with Gasteiger partial charge in [-0.25, -0.2) is 18.2 Å². The number of nitrogens with one attached hydrogen (secondary N) is 1. The van der Waals surface area contributed by atoms with Gasteiger partial charge in [0.1, 0.15) is 5.82 Å². The minimum atomic E-state index is -3.43. The van der Waals surface area contributed by atoms with Gasteiger partial charge >= 0.3 is 5.97 Å². The van der Waals surface area contributed by atoms with Gasteiger partial charge in [-0.05, 0) is 62.2 Å². The lowest BCUT2D eigenvalue weighted by molar-refractivity contribution is 0.0319. The van der Waals surface area contributed by atoms with E-state index in [0.717, 1.165) is 31.3 Å². The SMILES string of the molecule is CC(OC(=O)c1ccc2c(=O)n3c(nc2c1)CCCCC3)C(=O)c1ccc(NS(C)(=O)=O)cc1. The summed E-state index contributed by atoms with van der Waals surface area (Å²) in [4.78, 5) is 42.9. The van der Waals surface area contributed by atoms with E-state index in [1.807, 2.05) is 0 Å². The van der Waals surface area contributed by atoms with Gasteiger partial charge in [0.25, 0.3) is 5.56 Å². The molecule has 1 aliphatic heterocycles. The van der Waals surface area contributed by atoms with E-state index < -0.39 is 27.9 Å². The summed E-state index contributed by atoms with van der Waals surface area (Å²) in [6, 6.07) is 10.4. The Labute approximate surface area is 196 Å². The van der Waals surface area contributed by atoms with Crippen molar-refractivity contribution in [3.63, 3.8) is 0 Å². The molecule has 0 saturated heterocycles. The Balaban J connectivity index is 1.51. The fraction of sp³-hybridized carbons (Fsp3) is 0.333. The van der Waals surface area contributed by atoms with Crippen molar-refractivity contribution in [3.8, 4) is 0 Å². The number of aryl methyl sites for hydroxylation is 1. The highest BCUT2D eigenvalue weighted by molar-refractivity contribution is 7.92. The third-order valence-corrected chi connectivity index (χ3v) is 6.28. The quantitative estimate of drug-likeness (QED) is 0.422. The molecule has 34 heavy (non-hydrogen) atoms. The number of sulfonamides is 1. The maximum absolute atomic E-state index is 12.9. The smallest absolute Gasteiger partial charge is 0.338 e. The number of ketones is 1. The van der Waals surface area contributed by atoms with Crippen LogP contribution >= 0.6 is 0 Å². The number of esters is 1. The molecule has 2 heterocycles. The lowest BCUT2D eigenvalue weighted by Gasteiger charge is -2.14. The Bertz CT molecular complexity index is 1430. The van der Waals surface area contributed by atoms with Gasteiger partial charge in [-0.2, -0.15) is 0 Å². The summed E-state index contributed by atoms with van der Waals surface area (Å²) in [6.45, 7) is 2.11. The summed E-state index contributed by atoms with van der Waals surface area (Å²) in [5.74, 6) is -0.408. The van der Waals surface area contributed by atoms with Crippen LogP contribution in [0.25, 0.3) is 10.9 Å². The van der Waals surface area contributed by atoms with Crippen LogP contribution in [-0.4, -0.2) is 42.1 Å². The van der Waals surface area contributed by atoms with E-state index in [9.17, 15) is 22.8 Å². The van der Waals surface area contributed by atoms with Gasteiger partial charge in [0, 0.05) is 24.2 Å². The Morgan fingerprint density at radius 1 is 1.06 bits per heavy atom. The number of hydrogen-bond donors (Lipinski definition) is 1. The largest absolute Gasteiger partial charge is 0.451 e. The van der Waals surface area contributed by atoms with E-state index >= 15 is 0 Å².